The Labute approximate surface area is 471 Å². The molecule has 422 valence electrons. The molecule has 2 fully saturated rings. The number of aromatic nitrogens is 4. The van der Waals surface area contributed by atoms with Crippen LogP contribution in [0.1, 0.15) is 82.6 Å². The highest BCUT2D eigenvalue weighted by Gasteiger charge is 2.49. The van der Waals surface area contributed by atoms with Crippen molar-refractivity contribution in [3.8, 4) is 16.8 Å². The van der Waals surface area contributed by atoms with Gasteiger partial charge in [0.1, 0.15) is 71.9 Å². The average molecular weight is 1150 g/mol. The van der Waals surface area contributed by atoms with Crippen molar-refractivity contribution >= 4 is 69.7 Å². The molecule has 3 aromatic carbocycles. The van der Waals surface area contributed by atoms with Gasteiger partial charge in [0.2, 0.25) is 23.6 Å². The molecule has 19 nitrogen and oxygen atoms in total. The van der Waals surface area contributed by atoms with Crippen LogP contribution in [0.25, 0.3) is 5.00 Å². The van der Waals surface area contributed by atoms with Crippen LogP contribution in [0.4, 0.5) is 29.1 Å². The van der Waals surface area contributed by atoms with Crippen LogP contribution in [0, 0.1) is 43.7 Å². The van der Waals surface area contributed by atoms with E-state index in [1.807, 2.05) is 62.6 Å². The first-order valence-corrected chi connectivity index (χ1v) is 27.0. The summed E-state index contributed by atoms with van der Waals surface area (Å²) in [5, 5.41) is 24.7. The number of piperazine rings is 1. The molecule has 5 heterocycles. The van der Waals surface area contributed by atoms with Gasteiger partial charge in [-0.1, -0.05) is 29.8 Å². The lowest BCUT2D eigenvalue weighted by molar-refractivity contribution is -0.143. The maximum atomic E-state index is 15.4. The zero-order chi connectivity index (χ0) is 57.7. The van der Waals surface area contributed by atoms with Crippen LogP contribution >= 0.6 is 22.9 Å². The summed E-state index contributed by atoms with van der Waals surface area (Å²) in [6, 6.07) is 14.4. The van der Waals surface area contributed by atoms with Gasteiger partial charge in [-0.3, -0.25) is 43.3 Å². The maximum absolute atomic E-state index is 15.4. The van der Waals surface area contributed by atoms with Gasteiger partial charge in [-0.05, 0) is 87.9 Å². The van der Waals surface area contributed by atoms with Gasteiger partial charge < -0.3 is 29.7 Å². The zero-order valence-corrected chi connectivity index (χ0v) is 45.8. The molecule has 1 aliphatic carbocycles. The van der Waals surface area contributed by atoms with Crippen molar-refractivity contribution in [1.29, 1.82) is 5.26 Å². The Morgan fingerprint density at radius 3 is 2.37 bits per heavy atom. The third-order valence-corrected chi connectivity index (χ3v) is 15.3. The standard InChI is InChI=1S/C56H54ClF4N11O8S/c1-5-63-46(73)24-43-52-68-67-33(4)70(52)55-49(31(2)32(3)81-55)50(66-43)35-10-12-40(13-11-35)80-19-18-78-16-17-79-30-48(75)69-28-44(72(47(74)29-69)45-20-34(27-62)14-15-64-45)54(77)71(39-22-36(58)21-37(59)23-39)51(41-8-6-7-9-42(41)57)53(76)65-38-25-56(60,61)26-38/h6-15,20-23,38,43-44,51H,5,16-19,24-26,28-30H2,1-4H3,(H,63,73)(H,65,76)/t43-,44?,51-/m0/s1. The van der Waals surface area contributed by atoms with Crippen LogP contribution in [-0.2, 0) is 33.4 Å². The van der Waals surface area contributed by atoms with E-state index in [1.54, 1.807) is 11.3 Å². The molecule has 6 aromatic rings. The molecule has 1 unspecified atom stereocenters. The number of pyridine rings is 1. The van der Waals surface area contributed by atoms with E-state index in [-0.39, 0.29) is 60.7 Å². The number of halogens is 5. The van der Waals surface area contributed by atoms with Crippen molar-refractivity contribution in [1.82, 2.24) is 35.3 Å². The second-order valence-corrected chi connectivity index (χ2v) is 21.0. The number of aryl methyl sites for hydroxylation is 2. The summed E-state index contributed by atoms with van der Waals surface area (Å²) in [7, 11) is 0. The highest BCUT2D eigenvalue weighted by Crippen LogP contribution is 2.42. The van der Waals surface area contributed by atoms with Crippen molar-refractivity contribution in [2.24, 2.45) is 4.99 Å². The topological polar surface area (TPSA) is 227 Å². The molecular formula is C56H54ClF4N11O8S. The average Bonchev–Trinajstić information content (AvgIpc) is 3.94. The van der Waals surface area contributed by atoms with E-state index >= 15 is 13.6 Å². The molecule has 2 aliphatic heterocycles. The number of rotatable bonds is 20. The minimum Gasteiger partial charge on any atom is -0.491 e. The number of amides is 5. The van der Waals surface area contributed by atoms with Gasteiger partial charge in [0, 0.05) is 64.3 Å². The second-order valence-electron chi connectivity index (χ2n) is 19.4. The number of carbonyl (C=O) groups is 5. The van der Waals surface area contributed by atoms with E-state index in [4.69, 9.17) is 30.8 Å². The van der Waals surface area contributed by atoms with E-state index in [2.05, 4.69) is 25.8 Å². The predicted molar refractivity (Wildman–Crippen MR) is 290 cm³/mol. The Bertz CT molecular complexity index is 3440. The molecule has 3 atom stereocenters. The minimum atomic E-state index is -3.07. The molecule has 81 heavy (non-hydrogen) atoms. The summed E-state index contributed by atoms with van der Waals surface area (Å²) in [6.07, 6.45) is -0.129. The molecule has 1 saturated carbocycles. The largest absolute Gasteiger partial charge is 0.491 e. The Balaban J connectivity index is 0.857. The van der Waals surface area contributed by atoms with Gasteiger partial charge in [0.05, 0.1) is 55.8 Å². The summed E-state index contributed by atoms with van der Waals surface area (Å²) < 4.78 is 77.7. The highest BCUT2D eigenvalue weighted by atomic mass is 35.5. The number of carbonyl (C=O) groups excluding carboxylic acids is 5. The van der Waals surface area contributed by atoms with Crippen LogP contribution in [0.2, 0.25) is 5.02 Å². The Kier molecular flexibility index (Phi) is 17.6. The first-order chi connectivity index (χ1) is 38.8. The lowest BCUT2D eigenvalue weighted by atomic mass is 9.87. The normalized spacial score (nSPS) is 16.9. The lowest BCUT2D eigenvalue weighted by Crippen LogP contribution is -2.65. The van der Waals surface area contributed by atoms with Gasteiger partial charge >= 0.3 is 0 Å². The zero-order valence-electron chi connectivity index (χ0n) is 44.3. The fourth-order valence-electron chi connectivity index (χ4n) is 9.80. The summed E-state index contributed by atoms with van der Waals surface area (Å²) in [4.78, 5) is 84.0. The molecule has 5 amide bonds. The van der Waals surface area contributed by atoms with Gasteiger partial charge in [-0.2, -0.15) is 5.26 Å². The molecule has 1 saturated heterocycles. The number of anilines is 2. The summed E-state index contributed by atoms with van der Waals surface area (Å²) in [6.45, 7) is 6.76. The molecule has 0 radical (unpaired) electrons. The number of benzene rings is 3. The third-order valence-electron chi connectivity index (χ3n) is 13.8. The van der Waals surface area contributed by atoms with Gasteiger partial charge in [0.15, 0.2) is 5.82 Å². The van der Waals surface area contributed by atoms with Crippen molar-refractivity contribution in [2.75, 3.05) is 62.5 Å². The minimum absolute atomic E-state index is 0.0267. The number of nitrogens with zero attached hydrogens (tertiary/aromatic N) is 9. The molecule has 2 N–H and O–H groups in total. The monoisotopic (exact) mass is 1150 g/mol. The van der Waals surface area contributed by atoms with Gasteiger partial charge in [-0.25, -0.2) is 22.5 Å². The van der Waals surface area contributed by atoms with E-state index in [0.29, 0.717) is 34.9 Å². The summed E-state index contributed by atoms with van der Waals surface area (Å²) >= 11 is 8.25. The number of hydrogen-bond acceptors (Lipinski definition) is 14. The van der Waals surface area contributed by atoms with Gasteiger partial charge in [0.25, 0.3) is 11.8 Å². The number of thiophene rings is 1. The first-order valence-electron chi connectivity index (χ1n) is 25.8. The van der Waals surface area contributed by atoms with Crippen LogP contribution in [0.3, 0.4) is 0 Å². The number of fused-ring (bicyclic) bond motifs is 3. The molecule has 25 heteroatoms. The number of ether oxygens (including phenoxy) is 3. The fraction of sp³-hybridized carbons (Fsp3) is 0.357. The SMILES string of the molecule is CCNC(=O)C[C@@H]1N=C(c2ccc(OCCOCCOCC(=O)N3CC(=O)N(c4cc(C#N)ccn4)C(C(=O)N(c4cc(F)cc(F)c4)[C@H](C(=O)NC4CC(F)(F)C4)c4ccccc4Cl)C3)cc2)c2c(sc(C)c2C)-n2c(C)nnc21. The smallest absolute Gasteiger partial charge is 0.253 e. The number of hydrogen-bond donors (Lipinski definition) is 2. The molecule has 3 aromatic heterocycles. The van der Waals surface area contributed by atoms with Crippen molar-refractivity contribution < 1.29 is 55.7 Å². The number of nitriles is 1. The summed E-state index contributed by atoms with van der Waals surface area (Å²) in [5.41, 5.74) is 2.98. The number of aliphatic imine (C=N–C) groups is 1. The quantitative estimate of drug-likeness (QED) is 0.0571. The Hall–Kier alpha value is -8.11. The fourth-order valence-corrected chi connectivity index (χ4v) is 11.3. The molecular weight excluding hydrogens is 1100 g/mol. The third kappa shape index (κ3) is 12.8. The van der Waals surface area contributed by atoms with Crippen molar-refractivity contribution in [3.05, 3.63) is 146 Å². The van der Waals surface area contributed by atoms with Crippen molar-refractivity contribution in [2.45, 2.75) is 77.0 Å². The molecule has 3 aliphatic rings. The summed E-state index contributed by atoms with van der Waals surface area (Å²) in [5.74, 6) is -7.72. The predicted octanol–water partition coefficient (Wildman–Crippen LogP) is 7.22. The Morgan fingerprint density at radius 1 is 0.951 bits per heavy atom. The lowest BCUT2D eigenvalue weighted by Gasteiger charge is -2.43. The molecule has 9 rings (SSSR count). The maximum Gasteiger partial charge on any atom is 0.253 e. The Morgan fingerprint density at radius 2 is 1.67 bits per heavy atom. The van der Waals surface area contributed by atoms with E-state index in [1.165, 1.54) is 42.6 Å². The molecule has 0 bridgehead atoms. The van der Waals surface area contributed by atoms with Gasteiger partial charge in [-0.15, -0.1) is 21.5 Å². The van der Waals surface area contributed by atoms with Crippen molar-refractivity contribution in [3.63, 3.8) is 0 Å². The van der Waals surface area contributed by atoms with Crippen LogP contribution < -0.4 is 25.2 Å². The second kappa shape index (κ2) is 24.7. The van der Waals surface area contributed by atoms with E-state index in [9.17, 15) is 33.2 Å². The van der Waals surface area contributed by atoms with Crippen LogP contribution in [0.15, 0.2) is 90.1 Å². The first kappa shape index (κ1) is 57.6. The van der Waals surface area contributed by atoms with Crippen LogP contribution in [-0.4, -0.2) is 131 Å². The molecule has 0 spiro atoms. The number of nitrogens with one attached hydrogen (secondary N) is 2. The number of alkyl halides is 2. The van der Waals surface area contributed by atoms with Crippen LogP contribution in [0.5, 0.6) is 5.75 Å². The highest BCUT2D eigenvalue weighted by molar-refractivity contribution is 7.15. The van der Waals surface area contributed by atoms with E-state index in [0.717, 1.165) is 54.2 Å². The van der Waals surface area contributed by atoms with E-state index < -0.39 is 104 Å².